The highest BCUT2D eigenvalue weighted by molar-refractivity contribution is 7.91. The molecule has 0 aliphatic heterocycles. The maximum Gasteiger partial charge on any atom is 0.320 e. The Bertz CT molecular complexity index is 313. The molecular weight excluding hydrogens is 242 g/mol. The molecule has 17 heavy (non-hydrogen) atoms. The molecule has 102 valence electrons. The molecule has 0 aromatic heterocycles. The third-order valence-electron chi connectivity index (χ3n) is 2.36. The Labute approximate surface area is 104 Å². The predicted octanol–water partition coefficient (Wildman–Crippen LogP) is 0.696. The Morgan fingerprint density at radius 3 is 2.29 bits per heavy atom. The summed E-state index contributed by atoms with van der Waals surface area (Å²) in [5.74, 6) is -0.0511. The van der Waals surface area contributed by atoms with Gasteiger partial charge in [-0.15, -0.1) is 0 Å². The molecule has 0 heterocycles. The van der Waals surface area contributed by atoms with E-state index in [1.165, 1.54) is 0 Å². The Balaban J connectivity index is 4.19. The molecule has 0 bridgehead atoms. The summed E-state index contributed by atoms with van der Waals surface area (Å²) in [5, 5.41) is 0. The van der Waals surface area contributed by atoms with Gasteiger partial charge in [0.1, 0.15) is 0 Å². The number of hydrogen-bond donors (Lipinski definition) is 0. The minimum Gasteiger partial charge on any atom is -0.465 e. The lowest BCUT2D eigenvalue weighted by atomic mass is 10.4. The molecule has 0 saturated heterocycles. The standard InChI is InChI=1S/C11H23NO4S/c1-4-7-12(10-11(13)16-5-2)8-9-17(14,15)6-3/h4-10H2,1-3H3. The first-order chi connectivity index (χ1) is 7.95. The van der Waals surface area contributed by atoms with Crippen molar-refractivity contribution in [2.45, 2.75) is 27.2 Å². The van der Waals surface area contributed by atoms with E-state index in [-0.39, 0.29) is 24.0 Å². The van der Waals surface area contributed by atoms with E-state index in [1.54, 1.807) is 13.8 Å². The number of hydrogen-bond acceptors (Lipinski definition) is 5. The van der Waals surface area contributed by atoms with Crippen molar-refractivity contribution in [3.05, 3.63) is 0 Å². The molecule has 0 aliphatic rings. The van der Waals surface area contributed by atoms with Crippen molar-refractivity contribution in [1.29, 1.82) is 0 Å². The number of sulfone groups is 1. The molecule has 0 atom stereocenters. The van der Waals surface area contributed by atoms with E-state index >= 15 is 0 Å². The van der Waals surface area contributed by atoms with Crippen molar-refractivity contribution >= 4 is 15.8 Å². The predicted molar refractivity (Wildman–Crippen MR) is 67.7 cm³/mol. The molecule has 0 rings (SSSR count). The minimum atomic E-state index is -2.97. The summed E-state index contributed by atoms with van der Waals surface area (Å²) in [7, 11) is -2.97. The largest absolute Gasteiger partial charge is 0.465 e. The van der Waals surface area contributed by atoms with Crippen LogP contribution >= 0.6 is 0 Å². The van der Waals surface area contributed by atoms with E-state index < -0.39 is 9.84 Å². The molecule has 5 nitrogen and oxygen atoms in total. The average molecular weight is 265 g/mol. The number of esters is 1. The second kappa shape index (κ2) is 8.47. The summed E-state index contributed by atoms with van der Waals surface area (Å²) in [5.41, 5.74) is 0. The van der Waals surface area contributed by atoms with Crippen LogP contribution in [-0.4, -0.2) is 57.0 Å². The van der Waals surface area contributed by atoms with Crippen LogP contribution in [0.1, 0.15) is 27.2 Å². The van der Waals surface area contributed by atoms with Crippen molar-refractivity contribution in [3.63, 3.8) is 0 Å². The zero-order valence-corrected chi connectivity index (χ0v) is 11.8. The fraction of sp³-hybridized carbons (Fsp3) is 0.909. The van der Waals surface area contributed by atoms with Gasteiger partial charge in [-0.3, -0.25) is 9.69 Å². The summed E-state index contributed by atoms with van der Waals surface area (Å²) in [6.07, 6.45) is 0.881. The highest BCUT2D eigenvalue weighted by Crippen LogP contribution is 1.97. The van der Waals surface area contributed by atoms with E-state index in [9.17, 15) is 13.2 Å². The number of ether oxygens (including phenoxy) is 1. The third-order valence-corrected chi connectivity index (χ3v) is 4.04. The Morgan fingerprint density at radius 2 is 1.82 bits per heavy atom. The Kier molecular flexibility index (Phi) is 8.16. The molecule has 0 unspecified atom stereocenters. The highest BCUT2D eigenvalue weighted by Gasteiger charge is 2.14. The van der Waals surface area contributed by atoms with Crippen molar-refractivity contribution in [1.82, 2.24) is 4.90 Å². The zero-order chi connectivity index (χ0) is 13.3. The SMILES string of the molecule is CCCN(CCS(=O)(=O)CC)CC(=O)OCC. The van der Waals surface area contributed by atoms with Gasteiger partial charge in [-0.1, -0.05) is 13.8 Å². The topological polar surface area (TPSA) is 63.7 Å². The van der Waals surface area contributed by atoms with E-state index in [2.05, 4.69) is 0 Å². The van der Waals surface area contributed by atoms with Crippen LogP contribution in [0.15, 0.2) is 0 Å². The van der Waals surface area contributed by atoms with Crippen molar-refractivity contribution in [2.24, 2.45) is 0 Å². The van der Waals surface area contributed by atoms with Gasteiger partial charge in [0, 0.05) is 12.3 Å². The van der Waals surface area contributed by atoms with E-state index in [1.807, 2.05) is 11.8 Å². The molecule has 0 aromatic rings. The van der Waals surface area contributed by atoms with Crippen LogP contribution in [0.2, 0.25) is 0 Å². The Hall–Kier alpha value is -0.620. The third kappa shape index (κ3) is 8.15. The van der Waals surface area contributed by atoms with Gasteiger partial charge in [0.05, 0.1) is 18.9 Å². The molecule has 0 fully saturated rings. The van der Waals surface area contributed by atoms with Crippen LogP contribution in [0.5, 0.6) is 0 Å². The minimum absolute atomic E-state index is 0.100. The van der Waals surface area contributed by atoms with Gasteiger partial charge in [0.2, 0.25) is 0 Å². The number of carbonyl (C=O) groups excluding carboxylic acids is 1. The fourth-order valence-corrected chi connectivity index (χ4v) is 2.21. The van der Waals surface area contributed by atoms with Crippen molar-refractivity contribution < 1.29 is 17.9 Å². The van der Waals surface area contributed by atoms with Crippen LogP contribution in [0.3, 0.4) is 0 Å². The van der Waals surface area contributed by atoms with Gasteiger partial charge in [0.15, 0.2) is 9.84 Å². The summed E-state index contributed by atoms with van der Waals surface area (Å²) < 4.78 is 27.6. The quantitative estimate of drug-likeness (QED) is 0.574. The maximum absolute atomic E-state index is 11.4. The highest BCUT2D eigenvalue weighted by atomic mass is 32.2. The second-order valence-corrected chi connectivity index (χ2v) is 6.29. The summed E-state index contributed by atoms with van der Waals surface area (Å²) in [4.78, 5) is 13.1. The number of carbonyl (C=O) groups is 1. The lowest BCUT2D eigenvalue weighted by Gasteiger charge is -2.20. The molecule has 0 aromatic carbocycles. The van der Waals surface area contributed by atoms with Crippen LogP contribution in [0.4, 0.5) is 0 Å². The van der Waals surface area contributed by atoms with Crippen LogP contribution in [0, 0.1) is 0 Å². The molecule has 6 heteroatoms. The maximum atomic E-state index is 11.4. The van der Waals surface area contributed by atoms with Crippen LogP contribution < -0.4 is 0 Å². The summed E-state index contributed by atoms with van der Waals surface area (Å²) in [6, 6.07) is 0. The number of rotatable bonds is 9. The first-order valence-electron chi connectivity index (χ1n) is 6.03. The van der Waals surface area contributed by atoms with Gasteiger partial charge in [-0.2, -0.15) is 0 Å². The van der Waals surface area contributed by atoms with Crippen LogP contribution in [-0.2, 0) is 19.4 Å². The monoisotopic (exact) mass is 265 g/mol. The zero-order valence-electron chi connectivity index (χ0n) is 10.9. The van der Waals surface area contributed by atoms with Gasteiger partial charge in [-0.25, -0.2) is 8.42 Å². The fourth-order valence-electron chi connectivity index (χ4n) is 1.39. The summed E-state index contributed by atoms with van der Waals surface area (Å²) in [6.45, 7) is 6.99. The lowest BCUT2D eigenvalue weighted by molar-refractivity contribution is -0.144. The lowest BCUT2D eigenvalue weighted by Crippen LogP contribution is -2.35. The second-order valence-electron chi connectivity index (χ2n) is 3.82. The molecule has 0 spiro atoms. The van der Waals surface area contributed by atoms with E-state index in [0.717, 1.165) is 6.42 Å². The van der Waals surface area contributed by atoms with Crippen LogP contribution in [0.25, 0.3) is 0 Å². The van der Waals surface area contributed by atoms with Gasteiger partial charge >= 0.3 is 5.97 Å². The molecular formula is C11H23NO4S. The summed E-state index contributed by atoms with van der Waals surface area (Å²) >= 11 is 0. The molecule has 0 N–H and O–H groups in total. The van der Waals surface area contributed by atoms with Gasteiger partial charge in [0.25, 0.3) is 0 Å². The molecule has 0 aliphatic carbocycles. The van der Waals surface area contributed by atoms with Gasteiger partial charge in [-0.05, 0) is 19.9 Å². The first-order valence-corrected chi connectivity index (χ1v) is 7.85. The molecule has 0 saturated carbocycles. The van der Waals surface area contributed by atoms with E-state index in [4.69, 9.17) is 4.74 Å². The molecule has 0 amide bonds. The normalized spacial score (nSPS) is 11.8. The molecule has 0 radical (unpaired) electrons. The number of nitrogens with zero attached hydrogens (tertiary/aromatic N) is 1. The average Bonchev–Trinajstić information content (AvgIpc) is 2.27. The smallest absolute Gasteiger partial charge is 0.320 e. The van der Waals surface area contributed by atoms with Gasteiger partial charge < -0.3 is 4.74 Å². The Morgan fingerprint density at radius 1 is 1.18 bits per heavy atom. The van der Waals surface area contributed by atoms with Crippen molar-refractivity contribution in [3.8, 4) is 0 Å². The van der Waals surface area contributed by atoms with Crippen molar-refractivity contribution in [2.75, 3.05) is 37.7 Å². The first kappa shape index (κ1) is 16.4. The van der Waals surface area contributed by atoms with E-state index in [0.29, 0.717) is 19.7 Å².